The van der Waals surface area contributed by atoms with Crippen LogP contribution >= 0.6 is 0 Å². The number of hydrogen-bond donors (Lipinski definition) is 0. The van der Waals surface area contributed by atoms with E-state index < -0.39 is 0 Å². The minimum absolute atomic E-state index is 0.595. The quantitative estimate of drug-likeness (QED) is 0.533. The molecule has 0 radical (unpaired) electrons. The lowest BCUT2D eigenvalue weighted by Gasteiger charge is -2.16. The molecule has 3 aromatic rings. The second-order valence-corrected chi connectivity index (χ2v) is 5.57. The normalized spacial score (nSPS) is 9.85. The minimum atomic E-state index is 0.595. The van der Waals surface area contributed by atoms with E-state index >= 15 is 0 Å². The summed E-state index contributed by atoms with van der Waals surface area (Å²) in [5.41, 5.74) is 5.07. The Morgan fingerprint density at radius 1 is 0.615 bits per heavy atom. The molecule has 0 fully saturated rings. The van der Waals surface area contributed by atoms with Crippen molar-refractivity contribution in [2.75, 3.05) is 14.2 Å². The van der Waals surface area contributed by atoms with Gasteiger partial charge in [0, 0.05) is 0 Å². The van der Waals surface area contributed by atoms with Gasteiger partial charge in [-0.1, -0.05) is 48.5 Å². The maximum Gasteiger partial charge on any atom is 0.187 e. The number of benzene rings is 3. The van der Waals surface area contributed by atoms with Crippen molar-refractivity contribution < 1.29 is 9.47 Å². The Labute approximate surface area is 152 Å². The molecule has 0 heterocycles. The summed E-state index contributed by atoms with van der Waals surface area (Å²) < 4.78 is 10.9. The van der Waals surface area contributed by atoms with E-state index in [1.807, 2.05) is 36.4 Å². The van der Waals surface area contributed by atoms with Gasteiger partial charge >= 0.3 is 0 Å². The average molecular weight is 340 g/mol. The summed E-state index contributed by atoms with van der Waals surface area (Å²) in [6.45, 7) is 14.2. The molecule has 3 rings (SSSR count). The van der Waals surface area contributed by atoms with Crippen molar-refractivity contribution in [1.82, 2.24) is 0 Å². The molecule has 0 aromatic heterocycles. The summed E-state index contributed by atoms with van der Waals surface area (Å²) in [6, 6.07) is 18.7. The maximum absolute atomic E-state index is 7.12. The first-order valence-electron chi connectivity index (χ1n) is 7.92. The first kappa shape index (κ1) is 17.1. The standard InChI is InChI=1S/C22H16N2O2/c1-23-17-9-5-15(6-10-17)19-13-21(25-3)22(26-4)14-20(19)16-7-11-18(24-2)12-8-16/h5-14H,3-4H3. The molecule has 0 N–H and O–H groups in total. The molecule has 0 spiro atoms. The summed E-state index contributed by atoms with van der Waals surface area (Å²) in [4.78, 5) is 6.89. The van der Waals surface area contributed by atoms with Crippen molar-refractivity contribution in [3.63, 3.8) is 0 Å². The van der Waals surface area contributed by atoms with Gasteiger partial charge in [0.2, 0.25) is 0 Å². The number of nitrogens with zero attached hydrogens (tertiary/aromatic N) is 2. The van der Waals surface area contributed by atoms with Gasteiger partial charge < -0.3 is 9.47 Å². The second kappa shape index (κ2) is 7.42. The number of rotatable bonds is 4. The molecule has 0 aliphatic rings. The second-order valence-electron chi connectivity index (χ2n) is 5.57. The fourth-order valence-electron chi connectivity index (χ4n) is 2.79. The summed E-state index contributed by atoms with van der Waals surface area (Å²) in [5.74, 6) is 1.27. The van der Waals surface area contributed by atoms with Gasteiger partial charge in [0.25, 0.3) is 0 Å². The van der Waals surface area contributed by atoms with Gasteiger partial charge in [0.05, 0.1) is 27.4 Å². The third kappa shape index (κ3) is 3.22. The van der Waals surface area contributed by atoms with Crippen molar-refractivity contribution in [2.45, 2.75) is 0 Å². The molecular formula is C22H16N2O2. The Morgan fingerprint density at radius 3 is 1.23 bits per heavy atom. The van der Waals surface area contributed by atoms with Crippen LogP contribution in [0.3, 0.4) is 0 Å². The van der Waals surface area contributed by atoms with Gasteiger partial charge in [-0.15, -0.1) is 0 Å². The molecule has 126 valence electrons. The van der Waals surface area contributed by atoms with Gasteiger partial charge in [-0.25, -0.2) is 9.69 Å². The number of methoxy groups -OCH3 is 2. The average Bonchev–Trinajstić information content (AvgIpc) is 2.73. The van der Waals surface area contributed by atoms with Crippen LogP contribution in [0, 0.1) is 13.1 Å². The minimum Gasteiger partial charge on any atom is -0.493 e. The van der Waals surface area contributed by atoms with Gasteiger partial charge in [-0.3, -0.25) is 0 Å². The summed E-state index contributed by atoms with van der Waals surface area (Å²) in [6.07, 6.45) is 0. The van der Waals surface area contributed by atoms with E-state index in [0.717, 1.165) is 22.3 Å². The third-order valence-electron chi connectivity index (χ3n) is 4.14. The highest BCUT2D eigenvalue weighted by Crippen LogP contribution is 2.41. The van der Waals surface area contributed by atoms with Crippen molar-refractivity contribution >= 4 is 11.4 Å². The molecule has 3 aromatic carbocycles. The molecule has 0 saturated heterocycles. The lowest BCUT2D eigenvalue weighted by molar-refractivity contribution is 0.355. The molecule has 0 aliphatic heterocycles. The van der Waals surface area contributed by atoms with Crippen molar-refractivity contribution in [3.8, 4) is 33.8 Å². The molecule has 0 aliphatic carbocycles. The molecule has 0 bridgehead atoms. The zero-order valence-corrected chi connectivity index (χ0v) is 14.5. The SMILES string of the molecule is [C-]#[N+]c1ccc(-c2cc(OC)c(OC)cc2-c2ccc([N+]#[C-])cc2)cc1. The molecule has 0 atom stereocenters. The van der Waals surface area contributed by atoms with Crippen LogP contribution < -0.4 is 9.47 Å². The van der Waals surface area contributed by atoms with Crippen LogP contribution in [0.4, 0.5) is 11.4 Å². The number of hydrogen-bond acceptors (Lipinski definition) is 2. The lowest BCUT2D eigenvalue weighted by atomic mass is 9.93. The Hall–Kier alpha value is -3.76. The first-order chi connectivity index (χ1) is 12.7. The molecule has 0 unspecified atom stereocenters. The van der Waals surface area contributed by atoms with E-state index in [2.05, 4.69) is 9.69 Å². The van der Waals surface area contributed by atoms with Gasteiger partial charge in [0.1, 0.15) is 0 Å². The van der Waals surface area contributed by atoms with E-state index in [-0.39, 0.29) is 0 Å². The molecule has 0 saturated carbocycles. The summed E-state index contributed by atoms with van der Waals surface area (Å²) in [5, 5.41) is 0. The topological polar surface area (TPSA) is 27.2 Å². The van der Waals surface area contributed by atoms with E-state index in [1.165, 1.54) is 0 Å². The molecular weight excluding hydrogens is 324 g/mol. The van der Waals surface area contributed by atoms with Crippen LogP contribution in [0.1, 0.15) is 0 Å². The molecule has 0 amide bonds. The molecule has 4 heteroatoms. The maximum atomic E-state index is 7.12. The van der Waals surface area contributed by atoms with E-state index in [0.29, 0.717) is 22.9 Å². The first-order valence-corrected chi connectivity index (χ1v) is 7.92. The summed E-state index contributed by atoms with van der Waals surface area (Å²) >= 11 is 0. The van der Waals surface area contributed by atoms with Crippen molar-refractivity contribution in [3.05, 3.63) is 83.5 Å². The van der Waals surface area contributed by atoms with Crippen LogP contribution in [0.25, 0.3) is 31.9 Å². The molecule has 26 heavy (non-hydrogen) atoms. The Morgan fingerprint density at radius 2 is 0.962 bits per heavy atom. The van der Waals surface area contributed by atoms with Gasteiger partial charge in [-0.05, 0) is 34.4 Å². The molecule has 4 nitrogen and oxygen atoms in total. The fourth-order valence-corrected chi connectivity index (χ4v) is 2.79. The fraction of sp³-hybridized carbons (Fsp3) is 0.0909. The highest BCUT2D eigenvalue weighted by molar-refractivity contribution is 5.87. The largest absolute Gasteiger partial charge is 0.493 e. The van der Waals surface area contributed by atoms with Crippen molar-refractivity contribution in [1.29, 1.82) is 0 Å². The zero-order chi connectivity index (χ0) is 18.5. The Kier molecular flexibility index (Phi) is 4.87. The van der Waals surface area contributed by atoms with Crippen LogP contribution in [-0.4, -0.2) is 14.2 Å². The monoisotopic (exact) mass is 340 g/mol. The highest BCUT2D eigenvalue weighted by atomic mass is 16.5. The predicted molar refractivity (Wildman–Crippen MR) is 103 cm³/mol. The predicted octanol–water partition coefficient (Wildman–Crippen LogP) is 6.14. The van der Waals surface area contributed by atoms with Gasteiger partial charge in [-0.2, -0.15) is 0 Å². The van der Waals surface area contributed by atoms with Crippen molar-refractivity contribution in [2.24, 2.45) is 0 Å². The smallest absolute Gasteiger partial charge is 0.187 e. The van der Waals surface area contributed by atoms with Crippen LogP contribution in [0.2, 0.25) is 0 Å². The zero-order valence-electron chi connectivity index (χ0n) is 14.5. The van der Waals surface area contributed by atoms with E-state index in [4.69, 9.17) is 22.6 Å². The lowest BCUT2D eigenvalue weighted by Crippen LogP contribution is -1.94. The van der Waals surface area contributed by atoms with Crippen LogP contribution in [-0.2, 0) is 0 Å². The highest BCUT2D eigenvalue weighted by Gasteiger charge is 2.14. The van der Waals surface area contributed by atoms with Gasteiger partial charge in [0.15, 0.2) is 22.9 Å². The Balaban J connectivity index is 2.22. The summed E-state index contributed by atoms with van der Waals surface area (Å²) in [7, 11) is 3.21. The van der Waals surface area contributed by atoms with E-state index in [9.17, 15) is 0 Å². The third-order valence-corrected chi connectivity index (χ3v) is 4.14. The number of ether oxygens (including phenoxy) is 2. The van der Waals surface area contributed by atoms with E-state index in [1.54, 1.807) is 38.5 Å². The van der Waals surface area contributed by atoms with Crippen LogP contribution in [0.5, 0.6) is 11.5 Å². The Bertz CT molecular complexity index is 924. The van der Waals surface area contributed by atoms with Crippen LogP contribution in [0.15, 0.2) is 60.7 Å².